The van der Waals surface area contributed by atoms with Gasteiger partial charge in [0.2, 0.25) is 5.91 Å². The highest BCUT2D eigenvalue weighted by Crippen LogP contribution is 2.19. The number of halogens is 1. The molecule has 1 aliphatic rings. The lowest BCUT2D eigenvalue weighted by molar-refractivity contribution is -0.122. The Bertz CT molecular complexity index is 155. The molecule has 1 fully saturated rings. The number of aliphatic hydroxyl groups is 1. The Kier molecular flexibility index (Phi) is 2.90. The second kappa shape index (κ2) is 3.54. The fraction of sp³-hybridized carbons (Fsp3) is 0.857. The highest BCUT2D eigenvalue weighted by atomic mass is 79.9. The van der Waals surface area contributed by atoms with Gasteiger partial charge in [0.1, 0.15) is 0 Å². The topological polar surface area (TPSA) is 49.3 Å². The van der Waals surface area contributed by atoms with E-state index in [-0.39, 0.29) is 22.9 Å². The third-order valence-electron chi connectivity index (χ3n) is 1.82. The highest BCUT2D eigenvalue weighted by molar-refractivity contribution is 9.10. The third-order valence-corrected chi connectivity index (χ3v) is 2.24. The zero-order valence-corrected chi connectivity index (χ0v) is 7.97. The van der Waals surface area contributed by atoms with E-state index in [0.717, 1.165) is 0 Å². The molecule has 11 heavy (non-hydrogen) atoms. The first-order valence-corrected chi connectivity index (χ1v) is 4.63. The number of amides is 1. The van der Waals surface area contributed by atoms with Crippen LogP contribution in [0, 0.1) is 0 Å². The zero-order valence-electron chi connectivity index (χ0n) is 6.38. The van der Waals surface area contributed by atoms with Gasteiger partial charge < -0.3 is 10.4 Å². The summed E-state index contributed by atoms with van der Waals surface area (Å²) in [5.41, 5.74) is 0. The summed E-state index contributed by atoms with van der Waals surface area (Å²) >= 11 is 3.16. The minimum atomic E-state index is -0.203. The van der Waals surface area contributed by atoms with Crippen LogP contribution in [0.3, 0.4) is 0 Å². The quantitative estimate of drug-likeness (QED) is 0.665. The van der Waals surface area contributed by atoms with Crippen molar-refractivity contribution < 1.29 is 9.90 Å². The van der Waals surface area contributed by atoms with E-state index in [9.17, 15) is 4.79 Å². The van der Waals surface area contributed by atoms with E-state index in [4.69, 9.17) is 5.11 Å². The van der Waals surface area contributed by atoms with Crippen LogP contribution in [-0.2, 0) is 4.79 Å². The predicted molar refractivity (Wildman–Crippen MR) is 45.6 cm³/mol. The van der Waals surface area contributed by atoms with Crippen molar-refractivity contribution in [1.29, 1.82) is 0 Å². The number of nitrogens with one attached hydrogen (secondary N) is 1. The van der Waals surface area contributed by atoms with Crippen LogP contribution in [-0.4, -0.2) is 28.0 Å². The fourth-order valence-electron chi connectivity index (χ4n) is 1.02. The maximum atomic E-state index is 11.0. The first-order chi connectivity index (χ1) is 5.09. The van der Waals surface area contributed by atoms with Crippen molar-refractivity contribution in [3.8, 4) is 0 Å². The summed E-state index contributed by atoms with van der Waals surface area (Å²) in [6.07, 6.45) is 1.20. The van der Waals surface area contributed by atoms with Crippen LogP contribution in [0.25, 0.3) is 0 Å². The lowest BCUT2D eigenvalue weighted by Crippen LogP contribution is -2.48. The molecule has 0 aromatic heterocycles. The number of aliphatic hydroxyl groups excluding tert-OH is 1. The molecular weight excluding hydrogens is 210 g/mol. The van der Waals surface area contributed by atoms with Crippen LogP contribution >= 0.6 is 15.9 Å². The van der Waals surface area contributed by atoms with Gasteiger partial charge in [-0.1, -0.05) is 15.9 Å². The van der Waals surface area contributed by atoms with Crippen molar-refractivity contribution in [3.05, 3.63) is 0 Å². The largest absolute Gasteiger partial charge is 0.393 e. The summed E-state index contributed by atoms with van der Waals surface area (Å²) in [5.74, 6) is 0.00176. The Labute approximate surface area is 74.3 Å². The average Bonchev–Trinajstić information content (AvgIpc) is 1.84. The van der Waals surface area contributed by atoms with E-state index >= 15 is 0 Å². The number of rotatable bonds is 2. The molecule has 0 bridgehead atoms. The van der Waals surface area contributed by atoms with E-state index < -0.39 is 0 Å². The molecule has 3 nitrogen and oxygen atoms in total. The van der Waals surface area contributed by atoms with Crippen LogP contribution in [0.15, 0.2) is 0 Å². The lowest BCUT2D eigenvalue weighted by Gasteiger charge is -2.32. The molecule has 0 aromatic carbocycles. The Morgan fingerprint density at radius 3 is 2.64 bits per heavy atom. The van der Waals surface area contributed by atoms with Gasteiger partial charge >= 0.3 is 0 Å². The van der Waals surface area contributed by atoms with E-state index in [1.807, 2.05) is 0 Å². The van der Waals surface area contributed by atoms with Crippen LogP contribution in [0.2, 0.25) is 0 Å². The molecule has 0 spiro atoms. The van der Waals surface area contributed by atoms with Gasteiger partial charge in [-0.15, -0.1) is 0 Å². The minimum absolute atomic E-state index is 0.00176. The molecule has 1 rings (SSSR count). The number of hydrogen-bond acceptors (Lipinski definition) is 2. The van der Waals surface area contributed by atoms with Gasteiger partial charge in [0.25, 0.3) is 0 Å². The van der Waals surface area contributed by atoms with E-state index in [2.05, 4.69) is 21.2 Å². The molecule has 0 aliphatic heterocycles. The summed E-state index contributed by atoms with van der Waals surface area (Å²) < 4.78 is 0. The molecule has 4 heteroatoms. The Hall–Kier alpha value is -0.0900. The van der Waals surface area contributed by atoms with E-state index in [1.165, 1.54) is 0 Å². The van der Waals surface area contributed by atoms with Gasteiger partial charge in [-0.05, 0) is 19.8 Å². The molecule has 64 valence electrons. The summed E-state index contributed by atoms with van der Waals surface area (Å²) in [4.78, 5) is 10.9. The second-order valence-electron chi connectivity index (χ2n) is 2.95. The first-order valence-electron chi connectivity index (χ1n) is 3.72. The van der Waals surface area contributed by atoms with Crippen LogP contribution in [0.1, 0.15) is 19.8 Å². The van der Waals surface area contributed by atoms with Gasteiger partial charge in [-0.3, -0.25) is 4.79 Å². The van der Waals surface area contributed by atoms with E-state index in [0.29, 0.717) is 12.8 Å². The molecule has 0 saturated heterocycles. The smallest absolute Gasteiger partial charge is 0.233 e. The first kappa shape index (κ1) is 9.00. The molecule has 1 atom stereocenters. The number of carbonyl (C=O) groups excluding carboxylic acids is 1. The Morgan fingerprint density at radius 2 is 2.27 bits per heavy atom. The molecule has 1 saturated carbocycles. The molecule has 0 radical (unpaired) electrons. The Morgan fingerprint density at radius 1 is 1.73 bits per heavy atom. The van der Waals surface area contributed by atoms with Crippen molar-refractivity contribution in [2.45, 2.75) is 36.7 Å². The number of alkyl halides is 1. The monoisotopic (exact) mass is 221 g/mol. The van der Waals surface area contributed by atoms with Crippen molar-refractivity contribution >= 4 is 21.8 Å². The Balaban J connectivity index is 2.17. The van der Waals surface area contributed by atoms with Crippen molar-refractivity contribution in [3.63, 3.8) is 0 Å². The highest BCUT2D eigenvalue weighted by Gasteiger charge is 2.28. The van der Waals surface area contributed by atoms with Gasteiger partial charge in [-0.25, -0.2) is 0 Å². The van der Waals surface area contributed by atoms with Crippen LogP contribution < -0.4 is 5.32 Å². The van der Waals surface area contributed by atoms with Crippen molar-refractivity contribution in [2.24, 2.45) is 0 Å². The second-order valence-corrected chi connectivity index (χ2v) is 4.32. The maximum Gasteiger partial charge on any atom is 0.233 e. The molecule has 1 unspecified atom stereocenters. The van der Waals surface area contributed by atoms with Gasteiger partial charge in [0.05, 0.1) is 10.9 Å². The summed E-state index contributed by atoms with van der Waals surface area (Å²) in [7, 11) is 0. The normalized spacial score (nSPS) is 32.3. The summed E-state index contributed by atoms with van der Waals surface area (Å²) in [6, 6.07) is 0.192. The van der Waals surface area contributed by atoms with Crippen molar-refractivity contribution in [2.75, 3.05) is 0 Å². The van der Waals surface area contributed by atoms with Crippen LogP contribution in [0.5, 0.6) is 0 Å². The maximum absolute atomic E-state index is 11.0. The van der Waals surface area contributed by atoms with Gasteiger partial charge in [0, 0.05) is 6.04 Å². The van der Waals surface area contributed by atoms with E-state index in [1.54, 1.807) is 6.92 Å². The summed E-state index contributed by atoms with van der Waals surface area (Å²) in [6.45, 7) is 1.78. The third kappa shape index (κ3) is 2.45. The predicted octanol–water partition coefficient (Wildman–Crippen LogP) is 0.409. The minimum Gasteiger partial charge on any atom is -0.393 e. The summed E-state index contributed by atoms with van der Waals surface area (Å²) in [5, 5.41) is 11.7. The number of carbonyl (C=O) groups is 1. The standard InChI is InChI=1S/C7H12BrNO2/c1-4(8)7(11)9-5-2-6(10)3-5/h4-6,10H,2-3H2,1H3,(H,9,11). The molecular formula is C7H12BrNO2. The average molecular weight is 222 g/mol. The molecule has 1 aliphatic carbocycles. The van der Waals surface area contributed by atoms with Crippen LogP contribution in [0.4, 0.5) is 0 Å². The van der Waals surface area contributed by atoms with Crippen molar-refractivity contribution in [1.82, 2.24) is 5.32 Å². The lowest BCUT2D eigenvalue weighted by atomic mass is 9.89. The van der Waals surface area contributed by atoms with Gasteiger partial charge in [0.15, 0.2) is 0 Å². The molecule has 1 amide bonds. The SMILES string of the molecule is CC(Br)C(=O)NC1CC(O)C1. The zero-order chi connectivity index (χ0) is 8.43. The molecule has 0 aromatic rings. The van der Waals surface area contributed by atoms with Gasteiger partial charge in [-0.2, -0.15) is 0 Å². The number of hydrogen-bond donors (Lipinski definition) is 2. The fourth-order valence-corrected chi connectivity index (χ4v) is 1.15. The molecule has 0 heterocycles. The molecule has 2 N–H and O–H groups in total.